The summed E-state index contributed by atoms with van der Waals surface area (Å²) in [5, 5.41) is 29.8. The Morgan fingerprint density at radius 1 is 0.505 bits per heavy atom. The van der Waals surface area contributed by atoms with Gasteiger partial charge in [-0.3, -0.25) is 19.7 Å². The molecule has 0 spiro atoms. The fourth-order valence-corrected chi connectivity index (χ4v) is 11.7. The van der Waals surface area contributed by atoms with Gasteiger partial charge in [0.2, 0.25) is 17.8 Å². The number of hydrogen-bond donors (Lipinski definition) is 4. The summed E-state index contributed by atoms with van der Waals surface area (Å²) >= 11 is 50.1. The number of nitrogens with zero attached hydrogens (tertiary/aromatic N) is 14. The molecule has 0 saturated carbocycles. The Kier molecular flexibility index (Phi) is 33.5. The maximum Gasteiger partial charge on any atom is 0.517 e. The Morgan fingerprint density at radius 3 is 1.47 bits per heavy atom. The van der Waals surface area contributed by atoms with Crippen molar-refractivity contribution in [2.75, 3.05) is 5.43 Å². The molecule has 3 fully saturated rings. The van der Waals surface area contributed by atoms with Gasteiger partial charge in [0.15, 0.2) is 41.5 Å². The molecule has 0 aromatic carbocycles. The number of ether oxygens (including phenoxy) is 4. The largest absolute Gasteiger partial charge is 0.517 e. The predicted octanol–water partition coefficient (Wildman–Crippen LogP) is 19.5. The molecule has 3 aliphatic rings. The van der Waals surface area contributed by atoms with E-state index < -0.39 is 71.1 Å². The Morgan fingerprint density at radius 2 is 0.945 bits per heavy atom. The lowest BCUT2D eigenvalue weighted by Gasteiger charge is -2.32. The zero-order valence-corrected chi connectivity index (χ0v) is 69.2. The number of nitrogen functional groups attached to an aromatic ring is 1. The lowest BCUT2D eigenvalue weighted by Crippen LogP contribution is -2.41. The number of aryl methyl sites for hydroxylation is 2. The highest BCUT2D eigenvalue weighted by Crippen LogP contribution is 2.47. The molecule has 25 nitrogen and oxygen atoms in total. The first-order valence-electron chi connectivity index (χ1n) is 31.3. The van der Waals surface area contributed by atoms with Crippen LogP contribution in [0.1, 0.15) is 139 Å². The highest BCUT2D eigenvalue weighted by atomic mass is 127. The van der Waals surface area contributed by atoms with Gasteiger partial charge in [0.1, 0.15) is 18.8 Å². The van der Waals surface area contributed by atoms with E-state index in [2.05, 4.69) is 121 Å². The lowest BCUT2D eigenvalue weighted by atomic mass is 9.83. The summed E-state index contributed by atoms with van der Waals surface area (Å²) in [6.07, 6.45) is 12.3. The SMILES string of the molecule is C.C.C.CC1(C)OC(c2cc(Cl)cnc2F)OC1(C)C.CC1(C)OC(c2cc(Cl)cnc2NN)OC1(C)C.Clc1cnc2[nH]ncc2c1.Clc1cnc2n[nH]c(I)c2c1.Cn1nc(B2OC(C)(C)C(C)(C)O2)c2cc(Cl)cnc21.Cn1nc(I)c2cc(Cl)cnc21.Fc1ccc(Cl)cn1.O=Cc1cc(Cl)cnc1F. The van der Waals surface area contributed by atoms with E-state index in [0.29, 0.717) is 58.5 Å². The van der Waals surface area contributed by atoms with E-state index in [4.69, 9.17) is 127 Å². The highest BCUT2D eigenvalue weighted by Gasteiger charge is 2.54. The van der Waals surface area contributed by atoms with Gasteiger partial charge in [-0.2, -0.15) is 33.6 Å². The number of pyridine rings is 8. The summed E-state index contributed by atoms with van der Waals surface area (Å²) in [6, 6.07) is 14.5. The third kappa shape index (κ3) is 23.8. The van der Waals surface area contributed by atoms with Gasteiger partial charge in [-0.15, -0.1) is 0 Å². The number of nitrogens with one attached hydrogen (secondary N) is 3. The normalized spacial score (nSPS) is 15.8. The molecule has 15 heterocycles. The summed E-state index contributed by atoms with van der Waals surface area (Å²) in [7, 11) is 3.20. The van der Waals surface area contributed by atoms with Crippen LogP contribution in [0.2, 0.25) is 40.2 Å². The van der Waals surface area contributed by atoms with Crippen LogP contribution in [0.3, 0.4) is 0 Å². The number of hydrazine groups is 1. The number of carbonyl (C=O) groups excluding carboxylic acids is 1. The molecule has 39 heteroatoms. The first kappa shape index (κ1) is 93.5. The van der Waals surface area contributed by atoms with Gasteiger partial charge in [0.05, 0.1) is 107 Å². The number of rotatable bonds is 5. The molecular formula is C70H80BCl8F3I2N18O7. The molecule has 109 heavy (non-hydrogen) atoms. The monoisotopic (exact) mass is 1890 g/mol. The molecule has 12 aromatic rings. The average molecular weight is 1890 g/mol. The van der Waals surface area contributed by atoms with Crippen molar-refractivity contribution >= 4 is 207 Å². The van der Waals surface area contributed by atoms with Gasteiger partial charge in [-0.25, -0.2) is 50.4 Å². The van der Waals surface area contributed by atoms with Gasteiger partial charge in [-0.05, 0) is 183 Å². The molecule has 586 valence electrons. The molecule has 5 N–H and O–H groups in total. The summed E-state index contributed by atoms with van der Waals surface area (Å²) in [6.45, 7) is 23.6. The topological polar surface area (TPSA) is 307 Å². The Labute approximate surface area is 696 Å². The van der Waals surface area contributed by atoms with Crippen molar-refractivity contribution in [1.82, 2.24) is 79.8 Å². The second-order valence-corrected chi connectivity index (χ2v) is 31.6. The maximum absolute atomic E-state index is 13.6. The smallest absolute Gasteiger partial charge is 0.398 e. The van der Waals surface area contributed by atoms with E-state index in [0.717, 1.165) is 57.7 Å². The summed E-state index contributed by atoms with van der Waals surface area (Å²) in [5.74, 6) is 4.02. The van der Waals surface area contributed by atoms with Crippen LogP contribution in [0.15, 0.2) is 110 Å². The van der Waals surface area contributed by atoms with E-state index >= 15 is 0 Å². The fourth-order valence-electron chi connectivity index (χ4n) is 9.18. The minimum atomic E-state index is -0.792. The van der Waals surface area contributed by atoms with Crippen LogP contribution in [0.5, 0.6) is 0 Å². The van der Waals surface area contributed by atoms with E-state index in [1.807, 2.05) is 121 Å². The number of fused-ring (bicyclic) bond motifs is 4. The Balaban J connectivity index is 0.000000226. The van der Waals surface area contributed by atoms with Gasteiger partial charge < -0.3 is 33.7 Å². The van der Waals surface area contributed by atoms with E-state index in [1.54, 1.807) is 46.4 Å². The summed E-state index contributed by atoms with van der Waals surface area (Å²) in [4.78, 5) is 40.7. The number of aromatic nitrogens is 16. The van der Waals surface area contributed by atoms with Crippen molar-refractivity contribution in [2.24, 2.45) is 19.9 Å². The zero-order chi connectivity index (χ0) is 78.2. The number of H-pyrrole nitrogens is 2. The number of nitrogens with two attached hydrogens (primary N) is 1. The zero-order valence-electron chi connectivity index (χ0n) is 58.8. The molecule has 0 radical (unpaired) electrons. The van der Waals surface area contributed by atoms with E-state index in [9.17, 15) is 18.0 Å². The van der Waals surface area contributed by atoms with Crippen molar-refractivity contribution in [3.05, 3.63) is 192 Å². The van der Waals surface area contributed by atoms with Crippen LogP contribution in [0, 0.1) is 25.2 Å². The minimum Gasteiger partial charge on any atom is -0.398 e. The van der Waals surface area contributed by atoms with Crippen molar-refractivity contribution in [3.63, 3.8) is 0 Å². The van der Waals surface area contributed by atoms with Crippen LogP contribution in [-0.2, 0) is 42.4 Å². The third-order valence-electron chi connectivity index (χ3n) is 16.9. The predicted molar refractivity (Wildman–Crippen MR) is 442 cm³/mol. The summed E-state index contributed by atoms with van der Waals surface area (Å²) in [5.41, 5.74) is 4.53. The lowest BCUT2D eigenvalue weighted by molar-refractivity contribution is -0.0919. The minimum absolute atomic E-state index is 0. The number of aldehydes is 1. The van der Waals surface area contributed by atoms with E-state index in [-0.39, 0.29) is 38.4 Å². The van der Waals surface area contributed by atoms with Gasteiger partial charge in [0, 0.05) is 74.4 Å². The van der Waals surface area contributed by atoms with Crippen LogP contribution in [0.4, 0.5) is 19.0 Å². The molecule has 15 rings (SSSR count). The third-order valence-corrected chi connectivity index (χ3v) is 20.1. The van der Waals surface area contributed by atoms with Crippen molar-refractivity contribution in [3.8, 4) is 0 Å². The van der Waals surface area contributed by atoms with Crippen LogP contribution in [0.25, 0.3) is 44.1 Å². The first-order chi connectivity index (χ1) is 49.5. The second-order valence-electron chi connectivity index (χ2n) is 26.0. The molecule has 12 aromatic heterocycles. The first-order valence-corrected chi connectivity index (χ1v) is 36.5. The molecule has 0 bridgehead atoms. The molecule has 3 aliphatic heterocycles. The van der Waals surface area contributed by atoms with Crippen molar-refractivity contribution in [1.29, 1.82) is 0 Å². The van der Waals surface area contributed by atoms with Crippen molar-refractivity contribution < 1.29 is 46.2 Å². The number of aromatic amines is 2. The summed E-state index contributed by atoms with van der Waals surface area (Å²) < 4.78 is 78.6. The van der Waals surface area contributed by atoms with Crippen molar-refractivity contribution in [2.45, 2.75) is 152 Å². The van der Waals surface area contributed by atoms with Crippen LogP contribution in [-0.4, -0.2) is 127 Å². The van der Waals surface area contributed by atoms with Gasteiger partial charge in [0.25, 0.3) is 0 Å². The molecule has 3 saturated heterocycles. The maximum atomic E-state index is 13.6. The Bertz CT molecular complexity index is 5000. The number of hydrogen-bond acceptors (Lipinski definition) is 21. The van der Waals surface area contributed by atoms with E-state index in [1.165, 1.54) is 42.9 Å². The van der Waals surface area contributed by atoms with Gasteiger partial charge >= 0.3 is 7.12 Å². The molecular weight excluding hydrogens is 1810 g/mol. The average Bonchev–Trinajstić information content (AvgIpc) is 1.61. The standard InChI is InChI=1S/C13H17BClN3O2.C12H15ClFNO2.C12H18ClN3O2.C7H5ClIN3.C6H3ClFNO.C6H3ClIN3.C6H4ClN3.C5H3ClFN.3CH4/c1-12(2)13(3,4)20-14(19-12)10-9-6-8(15)7-16-11(9)18(5)17-10;1-11(2)12(3,4)17-10(16-11)8-5-7(13)6-15-9(8)14;1-11(2)12(3,4)18-10(17-11)8-5-7(13)6-15-9(8)16-14;1-12-7-5(6(9)11-12)2-4(8)3-10-7;7-5-1-4(3-10)6(8)9-2-5;7-3-1-4-5(8)10-11-6(4)9-2-3;7-5-1-4-2-9-10-6(4)8-3-5;6-4-1-2-5(7)8-3-4;;;/h6-7H,1-5H3;5-6,10H,1-4H3;5-6,10H,14H2,1-4H3,(H,15,16);2-3H,1H3;1-3H;1-2H,(H,9,10,11);1-3H,(H,8,9,10);1-3H;3*1H4. The second kappa shape index (κ2) is 39.1. The molecule has 0 aliphatic carbocycles. The fraction of sp³-hybridized carbons (Fsp3) is 0.357. The number of anilines is 1. The van der Waals surface area contributed by atoms with Crippen LogP contribution >= 0.6 is 138 Å². The number of carbonyl (C=O) groups is 1. The molecule has 0 unspecified atom stereocenters. The van der Waals surface area contributed by atoms with Crippen LogP contribution < -0.4 is 16.9 Å². The molecule has 0 amide bonds. The Hall–Kier alpha value is -6.10. The number of halogens is 13. The van der Waals surface area contributed by atoms with Gasteiger partial charge in [-0.1, -0.05) is 115 Å². The quantitative estimate of drug-likeness (QED) is 0.0311. The molecule has 0 atom stereocenters. The highest BCUT2D eigenvalue weighted by molar-refractivity contribution is 14.1.